The molecule has 0 saturated carbocycles. The Morgan fingerprint density at radius 3 is 2.50 bits per heavy atom. The van der Waals surface area contributed by atoms with Crippen molar-refractivity contribution in [2.24, 2.45) is 0 Å². The summed E-state index contributed by atoms with van der Waals surface area (Å²) in [6.07, 6.45) is 1.17. The van der Waals surface area contributed by atoms with Crippen LogP contribution in [0.4, 0.5) is 15.8 Å². The summed E-state index contributed by atoms with van der Waals surface area (Å²) in [5, 5.41) is 2.48. The number of carbonyl (C=O) groups excluding carboxylic acids is 1. The van der Waals surface area contributed by atoms with E-state index in [0.29, 0.717) is 18.0 Å². The summed E-state index contributed by atoms with van der Waals surface area (Å²) >= 11 is 5.81. The van der Waals surface area contributed by atoms with E-state index < -0.39 is 27.8 Å². The number of hydrogen-bond donors (Lipinski definition) is 1. The highest BCUT2D eigenvalue weighted by Gasteiger charge is 2.32. The Hall–Kier alpha value is -2.32. The maximum absolute atomic E-state index is 13.5. The molecule has 152 valence electrons. The third kappa shape index (κ3) is 5.14. The maximum atomic E-state index is 13.5. The van der Waals surface area contributed by atoms with Gasteiger partial charge < -0.3 is 10.1 Å². The fourth-order valence-corrected chi connectivity index (χ4v) is 4.13. The molecule has 1 amide bonds. The molecule has 0 saturated heterocycles. The van der Waals surface area contributed by atoms with Gasteiger partial charge in [-0.15, -0.1) is 0 Å². The van der Waals surface area contributed by atoms with Gasteiger partial charge in [0.2, 0.25) is 15.9 Å². The molecule has 0 aliphatic heterocycles. The molecular weight excluding hydrogens is 407 g/mol. The molecule has 2 rings (SSSR count). The third-order valence-electron chi connectivity index (χ3n) is 3.93. The SMILES string of the molecule is CCOc1ccccc1NC(=O)C(CC)N(c1ccc(F)c(Cl)c1)S(C)(=O)=O. The summed E-state index contributed by atoms with van der Waals surface area (Å²) in [5.74, 6) is -0.744. The van der Waals surface area contributed by atoms with Gasteiger partial charge in [0.1, 0.15) is 17.6 Å². The van der Waals surface area contributed by atoms with Crippen molar-refractivity contribution in [2.75, 3.05) is 22.5 Å². The number of nitrogens with zero attached hydrogens (tertiary/aromatic N) is 1. The summed E-state index contributed by atoms with van der Waals surface area (Å²) in [6.45, 7) is 3.91. The zero-order valence-corrected chi connectivity index (χ0v) is 17.3. The minimum absolute atomic E-state index is 0.106. The topological polar surface area (TPSA) is 75.7 Å². The average Bonchev–Trinajstić information content (AvgIpc) is 2.62. The summed E-state index contributed by atoms with van der Waals surface area (Å²) in [4.78, 5) is 12.9. The lowest BCUT2D eigenvalue weighted by atomic mass is 10.1. The molecule has 0 bridgehead atoms. The van der Waals surface area contributed by atoms with Crippen LogP contribution in [0.15, 0.2) is 42.5 Å². The molecule has 0 heterocycles. The lowest BCUT2D eigenvalue weighted by Crippen LogP contribution is -2.47. The standard InChI is InChI=1S/C19H22ClFN2O4S/c1-4-17(19(24)22-16-8-6-7-9-18(16)27-5-2)23(28(3,25)26)13-10-11-15(21)14(20)12-13/h6-12,17H,4-5H2,1-3H3,(H,22,24). The molecule has 9 heteroatoms. The normalized spacial score (nSPS) is 12.3. The van der Waals surface area contributed by atoms with Gasteiger partial charge in [-0.2, -0.15) is 0 Å². The van der Waals surface area contributed by atoms with Crippen molar-refractivity contribution in [3.05, 3.63) is 53.3 Å². The van der Waals surface area contributed by atoms with Gasteiger partial charge in [0, 0.05) is 0 Å². The Balaban J connectivity index is 2.41. The Labute approximate surface area is 169 Å². The molecule has 0 radical (unpaired) electrons. The number of amides is 1. The molecule has 1 N–H and O–H groups in total. The molecule has 28 heavy (non-hydrogen) atoms. The van der Waals surface area contributed by atoms with Crippen LogP contribution in [-0.4, -0.2) is 33.2 Å². The number of benzene rings is 2. The van der Waals surface area contributed by atoms with Gasteiger partial charge in [0.15, 0.2) is 0 Å². The number of rotatable bonds is 8. The Morgan fingerprint density at radius 1 is 1.25 bits per heavy atom. The van der Waals surface area contributed by atoms with Gasteiger partial charge in [0.25, 0.3) is 0 Å². The number of para-hydroxylation sites is 2. The number of sulfonamides is 1. The van der Waals surface area contributed by atoms with Gasteiger partial charge in [0.05, 0.1) is 29.3 Å². The second-order valence-electron chi connectivity index (χ2n) is 6.00. The van der Waals surface area contributed by atoms with E-state index in [-0.39, 0.29) is 17.1 Å². The predicted octanol–water partition coefficient (Wildman–Crippen LogP) is 4.06. The molecule has 6 nitrogen and oxygen atoms in total. The van der Waals surface area contributed by atoms with Crippen molar-refractivity contribution in [3.8, 4) is 5.75 Å². The van der Waals surface area contributed by atoms with Crippen LogP contribution in [0.25, 0.3) is 0 Å². The van der Waals surface area contributed by atoms with E-state index in [1.807, 2.05) is 6.92 Å². The number of ether oxygens (including phenoxy) is 1. The Bertz CT molecular complexity index is 953. The fourth-order valence-electron chi connectivity index (χ4n) is 2.75. The first kappa shape index (κ1) is 22.0. The minimum Gasteiger partial charge on any atom is -0.492 e. The molecule has 0 aromatic heterocycles. The number of nitrogens with one attached hydrogen (secondary N) is 1. The number of carbonyl (C=O) groups is 1. The number of hydrogen-bond acceptors (Lipinski definition) is 4. The largest absolute Gasteiger partial charge is 0.492 e. The highest BCUT2D eigenvalue weighted by molar-refractivity contribution is 7.92. The minimum atomic E-state index is -3.86. The van der Waals surface area contributed by atoms with Crippen LogP contribution in [0.3, 0.4) is 0 Å². The van der Waals surface area contributed by atoms with Crippen LogP contribution >= 0.6 is 11.6 Å². The molecular formula is C19H22ClFN2O4S. The lowest BCUT2D eigenvalue weighted by Gasteiger charge is -2.30. The van der Waals surface area contributed by atoms with Gasteiger partial charge in [-0.25, -0.2) is 12.8 Å². The lowest BCUT2D eigenvalue weighted by molar-refractivity contribution is -0.117. The maximum Gasteiger partial charge on any atom is 0.248 e. The first-order valence-corrected chi connectivity index (χ1v) is 10.9. The van der Waals surface area contributed by atoms with E-state index in [9.17, 15) is 17.6 Å². The summed E-state index contributed by atoms with van der Waals surface area (Å²) in [6, 6.07) is 9.31. The number of halogens is 2. The highest BCUT2D eigenvalue weighted by atomic mass is 35.5. The first-order chi connectivity index (χ1) is 13.2. The zero-order valence-electron chi connectivity index (χ0n) is 15.8. The van der Waals surface area contributed by atoms with Crippen molar-refractivity contribution >= 4 is 38.9 Å². The number of anilines is 2. The summed E-state index contributed by atoms with van der Waals surface area (Å²) in [7, 11) is -3.86. The molecule has 2 aromatic carbocycles. The van der Waals surface area contributed by atoms with Crippen LogP contribution in [0.2, 0.25) is 5.02 Å². The average molecular weight is 429 g/mol. The van der Waals surface area contributed by atoms with Crippen LogP contribution in [0, 0.1) is 5.82 Å². The van der Waals surface area contributed by atoms with Crippen molar-refractivity contribution in [3.63, 3.8) is 0 Å². The Morgan fingerprint density at radius 2 is 1.93 bits per heavy atom. The van der Waals surface area contributed by atoms with Crippen molar-refractivity contribution < 1.29 is 22.3 Å². The van der Waals surface area contributed by atoms with E-state index in [1.165, 1.54) is 12.1 Å². The monoisotopic (exact) mass is 428 g/mol. The molecule has 0 aliphatic carbocycles. The molecule has 1 atom stereocenters. The summed E-state index contributed by atoms with van der Waals surface area (Å²) < 4.78 is 44.8. The fraction of sp³-hybridized carbons (Fsp3) is 0.316. The van der Waals surface area contributed by atoms with Crippen molar-refractivity contribution in [1.82, 2.24) is 0 Å². The second-order valence-corrected chi connectivity index (χ2v) is 8.27. The Kier molecular flexibility index (Phi) is 7.26. The van der Waals surface area contributed by atoms with E-state index >= 15 is 0 Å². The molecule has 2 aromatic rings. The van der Waals surface area contributed by atoms with Gasteiger partial charge in [-0.05, 0) is 43.7 Å². The van der Waals surface area contributed by atoms with Crippen LogP contribution in [-0.2, 0) is 14.8 Å². The highest BCUT2D eigenvalue weighted by Crippen LogP contribution is 2.29. The third-order valence-corrected chi connectivity index (χ3v) is 5.40. The quantitative estimate of drug-likeness (QED) is 0.687. The predicted molar refractivity (Wildman–Crippen MR) is 109 cm³/mol. The van der Waals surface area contributed by atoms with E-state index in [4.69, 9.17) is 16.3 Å². The van der Waals surface area contributed by atoms with Crippen LogP contribution in [0.5, 0.6) is 5.75 Å². The molecule has 1 unspecified atom stereocenters. The molecule has 0 aliphatic rings. The first-order valence-electron chi connectivity index (χ1n) is 8.66. The van der Waals surface area contributed by atoms with E-state index in [0.717, 1.165) is 16.6 Å². The van der Waals surface area contributed by atoms with E-state index in [1.54, 1.807) is 31.2 Å². The van der Waals surface area contributed by atoms with Crippen LogP contribution in [0.1, 0.15) is 20.3 Å². The molecule has 0 spiro atoms. The van der Waals surface area contributed by atoms with Crippen LogP contribution < -0.4 is 14.4 Å². The smallest absolute Gasteiger partial charge is 0.248 e. The van der Waals surface area contributed by atoms with Crippen molar-refractivity contribution in [1.29, 1.82) is 0 Å². The van der Waals surface area contributed by atoms with Gasteiger partial charge in [-0.3, -0.25) is 9.10 Å². The van der Waals surface area contributed by atoms with Crippen molar-refractivity contribution in [2.45, 2.75) is 26.3 Å². The van der Waals surface area contributed by atoms with Gasteiger partial charge in [-0.1, -0.05) is 30.7 Å². The zero-order chi connectivity index (χ0) is 20.9. The second kappa shape index (κ2) is 9.25. The van der Waals surface area contributed by atoms with E-state index in [2.05, 4.69) is 5.32 Å². The summed E-state index contributed by atoms with van der Waals surface area (Å²) in [5.41, 5.74) is 0.535. The molecule has 0 fully saturated rings. The van der Waals surface area contributed by atoms with Gasteiger partial charge >= 0.3 is 0 Å².